The molecule has 2 aromatic carbocycles. The van der Waals surface area contributed by atoms with Gasteiger partial charge >= 0.3 is 0 Å². The molecule has 0 aromatic heterocycles. The first-order chi connectivity index (χ1) is 14.5. The molecule has 30 heavy (non-hydrogen) atoms. The molecule has 0 radical (unpaired) electrons. The van der Waals surface area contributed by atoms with Gasteiger partial charge in [0.2, 0.25) is 0 Å². The molecule has 0 aliphatic rings. The number of methoxy groups -OCH3 is 1. The van der Waals surface area contributed by atoms with Crippen molar-refractivity contribution >= 4 is 0 Å². The van der Waals surface area contributed by atoms with Crippen molar-refractivity contribution in [2.75, 3.05) is 61.5 Å². The number of ether oxygens (including phenoxy) is 2. The van der Waals surface area contributed by atoms with E-state index in [2.05, 4.69) is 58.5 Å². The molecule has 0 spiro atoms. The first-order valence-corrected chi connectivity index (χ1v) is 11.2. The number of quaternary nitrogens is 3. The van der Waals surface area contributed by atoms with Crippen LogP contribution in [-0.2, 0) is 13.2 Å². The van der Waals surface area contributed by atoms with Gasteiger partial charge in [0.25, 0.3) is 0 Å². The average molecular weight is 417 g/mol. The van der Waals surface area contributed by atoms with Crippen LogP contribution in [0.4, 0.5) is 0 Å². The third kappa shape index (κ3) is 9.16. The second kappa shape index (κ2) is 13.3. The molecule has 2 rings (SSSR count). The van der Waals surface area contributed by atoms with E-state index in [4.69, 9.17) is 9.47 Å². The number of benzene rings is 2. The SMILES string of the molecule is COc1cc(C[NH+](CCC[NH+](C)C)CCC[NH+](C)C)ccc1OCc1ccccc1. The molecule has 0 fully saturated rings. The maximum atomic E-state index is 6.02. The Bertz CT molecular complexity index is 706. The molecule has 5 heteroatoms. The molecule has 2 aromatic rings. The van der Waals surface area contributed by atoms with E-state index < -0.39 is 0 Å². The molecular formula is C25H42N3O2+3. The fraction of sp³-hybridized carbons (Fsp3) is 0.520. The Morgan fingerprint density at radius 3 is 1.90 bits per heavy atom. The van der Waals surface area contributed by atoms with Gasteiger partial charge in [0, 0.05) is 18.4 Å². The van der Waals surface area contributed by atoms with Crippen LogP contribution in [0.2, 0.25) is 0 Å². The molecule has 0 aliphatic heterocycles. The van der Waals surface area contributed by atoms with E-state index in [1.54, 1.807) is 12.0 Å². The van der Waals surface area contributed by atoms with Crippen LogP contribution < -0.4 is 24.2 Å². The zero-order valence-corrected chi connectivity index (χ0v) is 19.6. The van der Waals surface area contributed by atoms with Gasteiger partial charge in [-0.05, 0) is 23.8 Å². The third-order valence-electron chi connectivity index (χ3n) is 5.33. The van der Waals surface area contributed by atoms with Crippen molar-refractivity contribution in [2.24, 2.45) is 0 Å². The van der Waals surface area contributed by atoms with Crippen LogP contribution in [0.25, 0.3) is 0 Å². The van der Waals surface area contributed by atoms with Crippen LogP contribution in [0.5, 0.6) is 11.5 Å². The van der Waals surface area contributed by atoms with Crippen molar-refractivity contribution < 1.29 is 24.2 Å². The summed E-state index contributed by atoms with van der Waals surface area (Å²) in [5.74, 6) is 1.62. The predicted molar refractivity (Wildman–Crippen MR) is 123 cm³/mol. The van der Waals surface area contributed by atoms with Gasteiger partial charge in [-0.2, -0.15) is 0 Å². The quantitative estimate of drug-likeness (QED) is 0.396. The fourth-order valence-electron chi connectivity index (χ4n) is 3.65. The monoisotopic (exact) mass is 416 g/mol. The van der Waals surface area contributed by atoms with Gasteiger partial charge in [-0.25, -0.2) is 0 Å². The lowest BCUT2D eigenvalue weighted by Crippen LogP contribution is -3.13. The lowest BCUT2D eigenvalue weighted by molar-refractivity contribution is -0.925. The van der Waals surface area contributed by atoms with E-state index in [0.29, 0.717) is 6.61 Å². The lowest BCUT2D eigenvalue weighted by Gasteiger charge is -2.21. The molecule has 0 saturated carbocycles. The van der Waals surface area contributed by atoms with Crippen molar-refractivity contribution in [1.82, 2.24) is 0 Å². The van der Waals surface area contributed by atoms with E-state index in [9.17, 15) is 0 Å². The van der Waals surface area contributed by atoms with Gasteiger partial charge in [0.05, 0.1) is 61.5 Å². The van der Waals surface area contributed by atoms with Gasteiger partial charge in [0.15, 0.2) is 11.5 Å². The zero-order valence-electron chi connectivity index (χ0n) is 19.6. The van der Waals surface area contributed by atoms with Gasteiger partial charge < -0.3 is 24.2 Å². The van der Waals surface area contributed by atoms with E-state index in [1.807, 2.05) is 18.2 Å². The Balaban J connectivity index is 1.99. The number of hydrogen-bond donors (Lipinski definition) is 3. The Labute approximate surface area is 183 Å². The van der Waals surface area contributed by atoms with Crippen LogP contribution >= 0.6 is 0 Å². The van der Waals surface area contributed by atoms with Crippen molar-refractivity contribution in [3.63, 3.8) is 0 Å². The molecule has 0 heterocycles. The summed E-state index contributed by atoms with van der Waals surface area (Å²) in [5, 5.41) is 0. The highest BCUT2D eigenvalue weighted by Crippen LogP contribution is 2.28. The third-order valence-corrected chi connectivity index (χ3v) is 5.33. The summed E-state index contributed by atoms with van der Waals surface area (Å²) in [6.45, 7) is 6.44. The molecule has 5 nitrogen and oxygen atoms in total. The minimum Gasteiger partial charge on any atom is -0.493 e. The second-order valence-corrected chi connectivity index (χ2v) is 8.81. The molecular weight excluding hydrogens is 374 g/mol. The molecule has 0 amide bonds. The Morgan fingerprint density at radius 2 is 1.33 bits per heavy atom. The van der Waals surface area contributed by atoms with Gasteiger partial charge in [0.1, 0.15) is 13.2 Å². The summed E-state index contributed by atoms with van der Waals surface area (Å²) in [5.41, 5.74) is 2.47. The Hall–Kier alpha value is -2.08. The summed E-state index contributed by atoms with van der Waals surface area (Å²) in [6.07, 6.45) is 2.50. The zero-order chi connectivity index (χ0) is 21.8. The highest BCUT2D eigenvalue weighted by molar-refractivity contribution is 5.42. The number of nitrogens with one attached hydrogen (secondary N) is 3. The second-order valence-electron chi connectivity index (χ2n) is 8.81. The lowest BCUT2D eigenvalue weighted by atomic mass is 10.1. The van der Waals surface area contributed by atoms with Crippen LogP contribution in [0.3, 0.4) is 0 Å². The normalized spacial score (nSPS) is 11.5. The van der Waals surface area contributed by atoms with E-state index in [1.165, 1.54) is 54.4 Å². The van der Waals surface area contributed by atoms with Gasteiger partial charge in [-0.15, -0.1) is 0 Å². The molecule has 0 bridgehead atoms. The van der Waals surface area contributed by atoms with E-state index in [0.717, 1.165) is 23.6 Å². The van der Waals surface area contributed by atoms with Crippen molar-refractivity contribution in [3.8, 4) is 11.5 Å². The Kier molecular flexibility index (Phi) is 10.7. The van der Waals surface area contributed by atoms with E-state index >= 15 is 0 Å². The van der Waals surface area contributed by atoms with Crippen molar-refractivity contribution in [3.05, 3.63) is 59.7 Å². The molecule has 3 N–H and O–H groups in total. The molecule has 166 valence electrons. The number of rotatable bonds is 14. The van der Waals surface area contributed by atoms with Gasteiger partial charge in [-0.3, -0.25) is 0 Å². The largest absolute Gasteiger partial charge is 0.493 e. The van der Waals surface area contributed by atoms with Crippen LogP contribution in [0.15, 0.2) is 48.5 Å². The summed E-state index contributed by atoms with van der Waals surface area (Å²) >= 11 is 0. The van der Waals surface area contributed by atoms with Crippen LogP contribution in [0, 0.1) is 0 Å². The minimum atomic E-state index is 0.549. The summed E-state index contributed by atoms with van der Waals surface area (Å²) in [6, 6.07) is 16.6. The standard InChI is InChI=1S/C25H39N3O2/c1-26(2)15-9-17-28(18-10-16-27(3)4)20-23-13-14-24(25(19-23)29-5)30-21-22-11-7-6-8-12-22/h6-8,11-14,19H,9-10,15-18,20-21H2,1-5H3/p+3. The fourth-order valence-corrected chi connectivity index (χ4v) is 3.65. The smallest absolute Gasteiger partial charge is 0.161 e. The average Bonchev–Trinajstić information content (AvgIpc) is 2.72. The number of hydrogen-bond acceptors (Lipinski definition) is 2. The van der Waals surface area contributed by atoms with Crippen molar-refractivity contribution in [2.45, 2.75) is 26.0 Å². The summed E-state index contributed by atoms with van der Waals surface area (Å²) in [7, 11) is 10.6. The van der Waals surface area contributed by atoms with Crippen molar-refractivity contribution in [1.29, 1.82) is 0 Å². The highest BCUT2D eigenvalue weighted by Gasteiger charge is 2.14. The van der Waals surface area contributed by atoms with Crippen LogP contribution in [-0.4, -0.2) is 61.5 Å². The Morgan fingerprint density at radius 1 is 0.700 bits per heavy atom. The van der Waals surface area contributed by atoms with E-state index in [-0.39, 0.29) is 0 Å². The first kappa shape index (κ1) is 24.2. The highest BCUT2D eigenvalue weighted by atomic mass is 16.5. The topological polar surface area (TPSA) is 31.8 Å². The summed E-state index contributed by atoms with van der Waals surface area (Å²) in [4.78, 5) is 4.69. The predicted octanol–water partition coefficient (Wildman–Crippen LogP) is -0.272. The maximum absolute atomic E-state index is 6.02. The molecule has 0 saturated heterocycles. The molecule has 0 aliphatic carbocycles. The molecule has 0 unspecified atom stereocenters. The minimum absolute atomic E-state index is 0.549. The summed E-state index contributed by atoms with van der Waals surface area (Å²) < 4.78 is 11.7. The first-order valence-electron chi connectivity index (χ1n) is 11.2. The maximum Gasteiger partial charge on any atom is 0.161 e. The molecule has 0 atom stereocenters. The van der Waals surface area contributed by atoms with Gasteiger partial charge in [-0.1, -0.05) is 30.3 Å². The van der Waals surface area contributed by atoms with Crippen LogP contribution in [0.1, 0.15) is 24.0 Å².